The van der Waals surface area contributed by atoms with Crippen molar-refractivity contribution in [2.45, 2.75) is 51.5 Å². The van der Waals surface area contributed by atoms with Crippen LogP contribution in [0.1, 0.15) is 45.4 Å². The van der Waals surface area contributed by atoms with E-state index >= 15 is 0 Å². The van der Waals surface area contributed by atoms with Crippen molar-refractivity contribution in [2.24, 2.45) is 17.6 Å². The molecule has 2 aliphatic rings. The van der Waals surface area contributed by atoms with E-state index in [4.69, 9.17) is 5.73 Å². The van der Waals surface area contributed by atoms with Gasteiger partial charge in [-0.2, -0.15) is 0 Å². The number of rotatable bonds is 5. The molecular formula is C16H33Cl2N3O. The van der Waals surface area contributed by atoms with Crippen molar-refractivity contribution in [3.8, 4) is 0 Å². The Morgan fingerprint density at radius 3 is 2.36 bits per heavy atom. The van der Waals surface area contributed by atoms with Crippen LogP contribution < -0.4 is 5.73 Å². The molecule has 0 spiro atoms. The predicted molar refractivity (Wildman–Crippen MR) is 96.9 cm³/mol. The molecule has 132 valence electrons. The summed E-state index contributed by atoms with van der Waals surface area (Å²) >= 11 is 0. The van der Waals surface area contributed by atoms with Crippen LogP contribution in [0.25, 0.3) is 0 Å². The van der Waals surface area contributed by atoms with Crippen molar-refractivity contribution >= 4 is 30.7 Å². The highest BCUT2D eigenvalue weighted by Gasteiger charge is 2.36. The number of piperidine rings is 1. The molecule has 0 aromatic heterocycles. The maximum absolute atomic E-state index is 12.7. The van der Waals surface area contributed by atoms with Crippen LogP contribution in [0, 0.1) is 11.8 Å². The third kappa shape index (κ3) is 5.26. The molecule has 2 fully saturated rings. The molecule has 6 heteroatoms. The van der Waals surface area contributed by atoms with E-state index in [1.54, 1.807) is 0 Å². The van der Waals surface area contributed by atoms with Gasteiger partial charge in [0.25, 0.3) is 0 Å². The Kier molecular flexibility index (Phi) is 10.7. The van der Waals surface area contributed by atoms with Gasteiger partial charge in [-0.25, -0.2) is 0 Å². The van der Waals surface area contributed by atoms with Gasteiger partial charge in [-0.1, -0.05) is 13.3 Å². The Bertz CT molecular complexity index is 323. The second kappa shape index (κ2) is 10.7. The van der Waals surface area contributed by atoms with E-state index in [0.717, 1.165) is 38.8 Å². The van der Waals surface area contributed by atoms with E-state index < -0.39 is 0 Å². The fourth-order valence-electron chi connectivity index (χ4n) is 3.93. The van der Waals surface area contributed by atoms with Crippen molar-refractivity contribution in [1.82, 2.24) is 9.80 Å². The molecule has 1 saturated heterocycles. The van der Waals surface area contributed by atoms with Crippen LogP contribution in [-0.2, 0) is 4.79 Å². The van der Waals surface area contributed by atoms with Crippen LogP contribution in [0.15, 0.2) is 0 Å². The summed E-state index contributed by atoms with van der Waals surface area (Å²) in [5.41, 5.74) is 5.81. The average Bonchev–Trinajstić information content (AvgIpc) is 2.95. The van der Waals surface area contributed by atoms with Crippen molar-refractivity contribution in [2.75, 3.05) is 33.2 Å². The van der Waals surface area contributed by atoms with E-state index in [-0.39, 0.29) is 30.7 Å². The zero-order chi connectivity index (χ0) is 14.5. The Hall–Kier alpha value is -0.0300. The number of nitrogens with two attached hydrogens (primary N) is 1. The average molecular weight is 354 g/mol. The molecular weight excluding hydrogens is 321 g/mol. The molecule has 2 rings (SSSR count). The number of amides is 1. The molecule has 0 aromatic rings. The standard InChI is InChI=1S/C16H31N3O.2ClH/c1-3-9-19-10-7-14(8-11-19)18(2)16(20)15-6-4-5-13(15)12-17;;/h13-15H,3-12,17H2,1-2H3;2*1H/t13-,15-;;/m1../s1. The van der Waals surface area contributed by atoms with E-state index in [0.29, 0.717) is 24.4 Å². The largest absolute Gasteiger partial charge is 0.342 e. The molecule has 0 aromatic carbocycles. The topological polar surface area (TPSA) is 49.6 Å². The molecule has 22 heavy (non-hydrogen) atoms. The summed E-state index contributed by atoms with van der Waals surface area (Å²) in [4.78, 5) is 17.2. The van der Waals surface area contributed by atoms with Crippen molar-refractivity contribution in [1.29, 1.82) is 0 Å². The zero-order valence-corrected chi connectivity index (χ0v) is 15.6. The van der Waals surface area contributed by atoms with Crippen LogP contribution in [0.3, 0.4) is 0 Å². The van der Waals surface area contributed by atoms with Gasteiger partial charge < -0.3 is 15.5 Å². The highest BCUT2D eigenvalue weighted by Crippen LogP contribution is 2.33. The van der Waals surface area contributed by atoms with E-state index in [9.17, 15) is 4.79 Å². The first-order chi connectivity index (χ1) is 9.67. The Balaban J connectivity index is 0.00000220. The molecule has 0 bridgehead atoms. The van der Waals surface area contributed by atoms with Gasteiger partial charge >= 0.3 is 0 Å². The summed E-state index contributed by atoms with van der Waals surface area (Å²) in [6.07, 6.45) is 6.82. The number of likely N-dealkylation sites (tertiary alicyclic amines) is 1. The van der Waals surface area contributed by atoms with Crippen LogP contribution in [0.5, 0.6) is 0 Å². The molecule has 0 unspecified atom stereocenters. The predicted octanol–water partition coefficient (Wildman–Crippen LogP) is 2.54. The maximum Gasteiger partial charge on any atom is 0.226 e. The molecule has 2 atom stereocenters. The summed E-state index contributed by atoms with van der Waals surface area (Å²) in [5, 5.41) is 0. The van der Waals surface area contributed by atoms with Crippen molar-refractivity contribution < 1.29 is 4.79 Å². The molecule has 1 heterocycles. The fourth-order valence-corrected chi connectivity index (χ4v) is 3.93. The smallest absolute Gasteiger partial charge is 0.226 e. The molecule has 1 saturated carbocycles. The quantitative estimate of drug-likeness (QED) is 0.825. The summed E-state index contributed by atoms with van der Waals surface area (Å²) < 4.78 is 0. The summed E-state index contributed by atoms with van der Waals surface area (Å²) in [7, 11) is 2.01. The van der Waals surface area contributed by atoms with Gasteiger partial charge in [0.2, 0.25) is 5.91 Å². The highest BCUT2D eigenvalue weighted by molar-refractivity contribution is 5.85. The monoisotopic (exact) mass is 353 g/mol. The minimum Gasteiger partial charge on any atom is -0.342 e. The number of halogens is 2. The molecule has 0 radical (unpaired) electrons. The molecule has 1 amide bonds. The molecule has 4 nitrogen and oxygen atoms in total. The molecule has 2 N–H and O–H groups in total. The summed E-state index contributed by atoms with van der Waals surface area (Å²) in [6, 6.07) is 0.439. The number of hydrogen-bond acceptors (Lipinski definition) is 3. The number of hydrogen-bond donors (Lipinski definition) is 1. The van der Waals surface area contributed by atoms with E-state index in [1.165, 1.54) is 19.4 Å². The van der Waals surface area contributed by atoms with E-state index in [2.05, 4.69) is 11.8 Å². The first-order valence-electron chi connectivity index (χ1n) is 8.36. The van der Waals surface area contributed by atoms with Gasteiger partial charge in [-0.3, -0.25) is 4.79 Å². The Morgan fingerprint density at radius 2 is 1.82 bits per heavy atom. The maximum atomic E-state index is 12.7. The van der Waals surface area contributed by atoms with Crippen LogP contribution >= 0.6 is 24.8 Å². The first kappa shape index (κ1) is 22.0. The Labute approximate surface area is 148 Å². The van der Waals surface area contributed by atoms with Gasteiger partial charge in [-0.05, 0) is 51.1 Å². The van der Waals surface area contributed by atoms with Crippen molar-refractivity contribution in [3.63, 3.8) is 0 Å². The third-order valence-electron chi connectivity index (χ3n) is 5.27. The second-order valence-corrected chi connectivity index (χ2v) is 6.56. The van der Waals surface area contributed by atoms with Gasteiger partial charge in [0.05, 0.1) is 0 Å². The van der Waals surface area contributed by atoms with Crippen molar-refractivity contribution in [3.05, 3.63) is 0 Å². The third-order valence-corrected chi connectivity index (χ3v) is 5.27. The number of carbonyl (C=O) groups is 1. The molecule has 1 aliphatic carbocycles. The summed E-state index contributed by atoms with van der Waals surface area (Å²) in [6.45, 7) is 6.37. The minimum atomic E-state index is 0. The van der Waals surface area contributed by atoms with Gasteiger partial charge in [0.15, 0.2) is 0 Å². The lowest BCUT2D eigenvalue weighted by Gasteiger charge is -2.38. The highest BCUT2D eigenvalue weighted by atomic mass is 35.5. The lowest BCUT2D eigenvalue weighted by molar-refractivity contribution is -0.138. The lowest BCUT2D eigenvalue weighted by Crippen LogP contribution is -2.48. The second-order valence-electron chi connectivity index (χ2n) is 6.56. The number of nitrogens with zero attached hydrogens (tertiary/aromatic N) is 2. The normalized spacial score (nSPS) is 26.1. The zero-order valence-electron chi connectivity index (χ0n) is 14.0. The minimum absolute atomic E-state index is 0. The fraction of sp³-hybridized carbons (Fsp3) is 0.938. The summed E-state index contributed by atoms with van der Waals surface area (Å²) in [5.74, 6) is 0.968. The SMILES string of the molecule is CCCN1CCC(N(C)C(=O)[C@@H]2CCC[C@@H]2CN)CC1.Cl.Cl. The van der Waals surface area contributed by atoms with Crippen LogP contribution in [0.2, 0.25) is 0 Å². The lowest BCUT2D eigenvalue weighted by atomic mass is 9.93. The number of carbonyl (C=O) groups excluding carboxylic acids is 1. The first-order valence-corrected chi connectivity index (χ1v) is 8.36. The van der Waals surface area contributed by atoms with Gasteiger partial charge in [0.1, 0.15) is 0 Å². The van der Waals surface area contributed by atoms with E-state index in [1.807, 2.05) is 11.9 Å². The van der Waals surface area contributed by atoms with Gasteiger partial charge in [0, 0.05) is 32.1 Å². The van der Waals surface area contributed by atoms with Gasteiger partial charge in [-0.15, -0.1) is 24.8 Å². The Morgan fingerprint density at radius 1 is 1.18 bits per heavy atom. The molecule has 1 aliphatic heterocycles. The van der Waals surface area contributed by atoms with Crippen LogP contribution in [-0.4, -0.2) is 55.0 Å². The van der Waals surface area contributed by atoms with Crippen LogP contribution in [0.4, 0.5) is 0 Å².